The van der Waals surface area contributed by atoms with E-state index in [0.717, 1.165) is 60.8 Å². The van der Waals surface area contributed by atoms with Gasteiger partial charge in [0.25, 0.3) is 11.8 Å². The number of hydrogen-bond acceptors (Lipinski definition) is 3. The molecule has 232 valence electrons. The molecule has 49 heavy (non-hydrogen) atoms. The second-order valence-corrected chi connectivity index (χ2v) is 12.4. The molecule has 1 aliphatic heterocycles. The van der Waals surface area contributed by atoms with Gasteiger partial charge < -0.3 is 4.57 Å². The first-order valence-electron chi connectivity index (χ1n) is 16.3. The minimum absolute atomic E-state index is 0.331. The van der Waals surface area contributed by atoms with Crippen LogP contribution in [0.1, 0.15) is 26.3 Å². The van der Waals surface area contributed by atoms with Crippen LogP contribution < -0.4 is 4.90 Å². The van der Waals surface area contributed by atoms with Crippen LogP contribution in [0.5, 0.6) is 0 Å². The van der Waals surface area contributed by atoms with E-state index in [9.17, 15) is 9.59 Å². The maximum absolute atomic E-state index is 14.7. The predicted octanol–water partition coefficient (Wildman–Crippen LogP) is 10.3. The monoisotopic (exact) mass is 631 g/mol. The Morgan fingerprint density at radius 3 is 1.90 bits per heavy atom. The molecule has 0 N–H and O–H groups in total. The van der Waals surface area contributed by atoms with Gasteiger partial charge in [0.2, 0.25) is 0 Å². The molecular weight excluding hydrogens is 603 g/mol. The normalized spacial score (nSPS) is 12.6. The van der Waals surface area contributed by atoms with Crippen LogP contribution >= 0.6 is 0 Å². The highest BCUT2D eigenvalue weighted by Crippen LogP contribution is 2.40. The lowest BCUT2D eigenvalue weighted by Gasteiger charge is -2.18. The number of pyridine rings is 1. The molecule has 0 unspecified atom stereocenters. The fourth-order valence-electron chi connectivity index (χ4n) is 7.22. The molecule has 0 atom stereocenters. The highest BCUT2D eigenvalue weighted by atomic mass is 16.2. The molecule has 0 aliphatic carbocycles. The summed E-state index contributed by atoms with van der Waals surface area (Å²) in [6.45, 7) is 2.07. The number of aromatic nitrogens is 2. The molecule has 0 saturated heterocycles. The van der Waals surface area contributed by atoms with Gasteiger partial charge in [-0.25, -0.2) is 4.90 Å². The topological polar surface area (TPSA) is 55.2 Å². The molecule has 3 heterocycles. The number of carbonyl (C=O) groups excluding carboxylic acids is 2. The van der Waals surface area contributed by atoms with Gasteiger partial charge in [-0.3, -0.25) is 14.6 Å². The Balaban J connectivity index is 1.22. The lowest BCUT2D eigenvalue weighted by molar-refractivity contribution is 0.0926. The number of aryl methyl sites for hydroxylation is 1. The Morgan fingerprint density at radius 2 is 1.18 bits per heavy atom. The van der Waals surface area contributed by atoms with Crippen molar-refractivity contribution in [3.8, 4) is 39.1 Å². The number of fused-ring (bicyclic) bond motifs is 4. The van der Waals surface area contributed by atoms with Crippen LogP contribution in [0.25, 0.3) is 60.9 Å². The summed E-state index contributed by atoms with van der Waals surface area (Å²) in [5.74, 6) is -0.669. The lowest BCUT2D eigenvalue weighted by Crippen LogP contribution is -2.29. The number of hydrogen-bond donors (Lipinski definition) is 0. The Hall–Kier alpha value is -6.59. The van der Waals surface area contributed by atoms with Crippen molar-refractivity contribution in [2.75, 3.05) is 4.90 Å². The van der Waals surface area contributed by atoms with Gasteiger partial charge in [-0.05, 0) is 100 Å². The molecule has 2 aromatic heterocycles. The SMILES string of the molecule is Cc1cnccc1-c1ccc2c(c1)c1ccccc1n2-c1cccc2c1C(=O)N(c1cc(-c3ccccc3)cc(-c3ccccc3)c1)C2=O. The Bertz CT molecular complexity index is 2550. The van der Waals surface area contributed by atoms with Crippen molar-refractivity contribution in [1.29, 1.82) is 0 Å². The average molecular weight is 632 g/mol. The molecular formula is C44H29N3O2. The van der Waals surface area contributed by atoms with E-state index in [0.29, 0.717) is 22.5 Å². The van der Waals surface area contributed by atoms with E-state index in [1.54, 1.807) is 6.07 Å². The number of carbonyl (C=O) groups is 2. The van der Waals surface area contributed by atoms with Crippen molar-refractivity contribution < 1.29 is 9.59 Å². The van der Waals surface area contributed by atoms with Crippen LogP contribution in [-0.2, 0) is 0 Å². The van der Waals surface area contributed by atoms with Crippen molar-refractivity contribution in [2.45, 2.75) is 6.92 Å². The highest BCUT2D eigenvalue weighted by Gasteiger charge is 2.39. The molecule has 0 saturated carbocycles. The van der Waals surface area contributed by atoms with Crippen molar-refractivity contribution in [1.82, 2.24) is 9.55 Å². The molecule has 0 bridgehead atoms. The first kappa shape index (κ1) is 28.6. The van der Waals surface area contributed by atoms with Crippen molar-refractivity contribution in [3.05, 3.63) is 175 Å². The van der Waals surface area contributed by atoms with E-state index >= 15 is 0 Å². The van der Waals surface area contributed by atoms with Gasteiger partial charge in [0.1, 0.15) is 0 Å². The summed E-state index contributed by atoms with van der Waals surface area (Å²) in [5.41, 5.74) is 11.1. The number of rotatable bonds is 5. The first-order chi connectivity index (χ1) is 24.1. The van der Waals surface area contributed by atoms with Crippen molar-refractivity contribution in [3.63, 3.8) is 0 Å². The van der Waals surface area contributed by atoms with Crippen LogP contribution in [0.15, 0.2) is 158 Å². The van der Waals surface area contributed by atoms with Crippen molar-refractivity contribution >= 4 is 39.3 Å². The lowest BCUT2D eigenvalue weighted by atomic mass is 9.97. The molecule has 9 rings (SSSR count). The summed E-state index contributed by atoms with van der Waals surface area (Å²) in [6.07, 6.45) is 3.69. The molecule has 8 aromatic rings. The fraction of sp³-hybridized carbons (Fsp3) is 0.0227. The van der Waals surface area contributed by atoms with Crippen LogP contribution in [0, 0.1) is 6.92 Å². The summed E-state index contributed by atoms with van der Waals surface area (Å²) in [7, 11) is 0. The highest BCUT2D eigenvalue weighted by molar-refractivity contribution is 6.36. The summed E-state index contributed by atoms with van der Waals surface area (Å²) >= 11 is 0. The van der Waals surface area contributed by atoms with E-state index in [-0.39, 0.29) is 11.8 Å². The van der Waals surface area contributed by atoms with Gasteiger partial charge in [-0.1, -0.05) is 91.0 Å². The van der Waals surface area contributed by atoms with Crippen LogP contribution in [0.3, 0.4) is 0 Å². The third-order valence-corrected chi connectivity index (χ3v) is 9.53. The number of imide groups is 1. The molecule has 0 fully saturated rings. The summed E-state index contributed by atoms with van der Waals surface area (Å²) in [6, 6.07) is 48.3. The molecule has 2 amide bonds. The van der Waals surface area contributed by atoms with Gasteiger partial charge in [0.15, 0.2) is 0 Å². The van der Waals surface area contributed by atoms with Gasteiger partial charge in [0.05, 0.1) is 33.5 Å². The Morgan fingerprint density at radius 1 is 0.510 bits per heavy atom. The van der Waals surface area contributed by atoms with E-state index in [2.05, 4.69) is 52.9 Å². The zero-order chi connectivity index (χ0) is 33.1. The Kier molecular flexibility index (Phi) is 6.59. The molecule has 5 heteroatoms. The molecule has 1 aliphatic rings. The number of anilines is 1. The quantitative estimate of drug-likeness (QED) is 0.178. The second-order valence-electron chi connectivity index (χ2n) is 12.4. The van der Waals surface area contributed by atoms with E-state index < -0.39 is 0 Å². The summed E-state index contributed by atoms with van der Waals surface area (Å²) in [5, 5.41) is 2.14. The van der Waals surface area contributed by atoms with Gasteiger partial charge in [-0.15, -0.1) is 0 Å². The molecule has 5 nitrogen and oxygen atoms in total. The minimum Gasteiger partial charge on any atom is -0.308 e. The standard InChI is InChI=1S/C44H29N3O2/c1-28-27-45-22-21-35(28)31-19-20-40-38(26-31)36-15-8-9-17-39(36)47(40)41-18-10-16-37-42(41)44(49)46(43(37)48)34-24-32(29-11-4-2-5-12-29)23-33(25-34)30-13-6-3-7-14-30/h2-27H,1H3. The van der Waals surface area contributed by atoms with E-state index in [4.69, 9.17) is 0 Å². The Labute approximate surface area is 283 Å². The zero-order valence-electron chi connectivity index (χ0n) is 26.7. The zero-order valence-corrected chi connectivity index (χ0v) is 26.7. The van der Waals surface area contributed by atoms with Crippen LogP contribution in [-0.4, -0.2) is 21.4 Å². The average Bonchev–Trinajstić information content (AvgIpc) is 3.62. The van der Waals surface area contributed by atoms with E-state index in [1.807, 2.05) is 116 Å². The van der Waals surface area contributed by atoms with Crippen molar-refractivity contribution in [2.24, 2.45) is 0 Å². The van der Waals surface area contributed by atoms with Gasteiger partial charge in [-0.2, -0.15) is 0 Å². The molecule has 0 radical (unpaired) electrons. The summed E-state index contributed by atoms with van der Waals surface area (Å²) in [4.78, 5) is 34.5. The predicted molar refractivity (Wildman–Crippen MR) is 197 cm³/mol. The first-order valence-corrected chi connectivity index (χ1v) is 16.3. The third kappa shape index (κ3) is 4.59. The van der Waals surface area contributed by atoms with Gasteiger partial charge >= 0.3 is 0 Å². The van der Waals surface area contributed by atoms with Crippen LogP contribution in [0.2, 0.25) is 0 Å². The number of benzene rings is 6. The smallest absolute Gasteiger partial charge is 0.268 e. The van der Waals surface area contributed by atoms with Gasteiger partial charge in [0, 0.05) is 23.2 Å². The second kappa shape index (κ2) is 11.3. The molecule has 6 aromatic carbocycles. The maximum Gasteiger partial charge on any atom is 0.268 e. The number of para-hydroxylation sites is 1. The minimum atomic E-state index is -0.338. The fourth-order valence-corrected chi connectivity index (χ4v) is 7.22. The molecule has 0 spiro atoms. The third-order valence-electron chi connectivity index (χ3n) is 9.53. The largest absolute Gasteiger partial charge is 0.308 e. The van der Waals surface area contributed by atoms with Crippen LogP contribution in [0.4, 0.5) is 5.69 Å². The maximum atomic E-state index is 14.7. The van der Waals surface area contributed by atoms with E-state index in [1.165, 1.54) is 4.90 Å². The number of nitrogens with zero attached hydrogens (tertiary/aromatic N) is 3. The summed E-state index contributed by atoms with van der Waals surface area (Å²) < 4.78 is 2.12. The number of amides is 2.